The molecule has 80 valence electrons. The lowest BCUT2D eigenvalue weighted by molar-refractivity contribution is 0.0697. The number of hydrogen-bond acceptors (Lipinski definition) is 2. The van der Waals surface area contributed by atoms with Crippen LogP contribution in [0.2, 0.25) is 0 Å². The van der Waals surface area contributed by atoms with Crippen molar-refractivity contribution in [3.8, 4) is 11.1 Å². The highest BCUT2D eigenvalue weighted by Gasteiger charge is 2.12. The van der Waals surface area contributed by atoms with Crippen LogP contribution in [-0.4, -0.2) is 16.1 Å². The number of benzene rings is 1. The molecule has 0 saturated heterocycles. The third-order valence-corrected chi connectivity index (χ3v) is 2.18. The monoisotopic (exact) mass is 217 g/mol. The van der Waals surface area contributed by atoms with Gasteiger partial charge in [-0.15, -0.1) is 0 Å². The van der Waals surface area contributed by atoms with Gasteiger partial charge in [-0.3, -0.25) is 4.98 Å². The second-order valence-corrected chi connectivity index (χ2v) is 3.24. The van der Waals surface area contributed by atoms with E-state index < -0.39 is 11.8 Å². The summed E-state index contributed by atoms with van der Waals surface area (Å²) in [6, 6.07) is 7.10. The first kappa shape index (κ1) is 10.3. The summed E-state index contributed by atoms with van der Waals surface area (Å²) >= 11 is 0. The van der Waals surface area contributed by atoms with Gasteiger partial charge in [0.15, 0.2) is 0 Å². The van der Waals surface area contributed by atoms with Crippen LogP contribution in [-0.2, 0) is 0 Å². The lowest BCUT2D eigenvalue weighted by atomic mass is 10.0. The predicted molar refractivity (Wildman–Crippen MR) is 56.6 cm³/mol. The zero-order valence-electron chi connectivity index (χ0n) is 8.22. The Morgan fingerprint density at radius 3 is 2.75 bits per heavy atom. The van der Waals surface area contributed by atoms with Gasteiger partial charge in [0.1, 0.15) is 5.82 Å². The molecule has 0 unspecified atom stereocenters. The first-order chi connectivity index (χ1) is 7.68. The van der Waals surface area contributed by atoms with Crippen molar-refractivity contribution >= 4 is 5.97 Å². The van der Waals surface area contributed by atoms with Gasteiger partial charge >= 0.3 is 5.97 Å². The summed E-state index contributed by atoms with van der Waals surface area (Å²) in [4.78, 5) is 14.9. The van der Waals surface area contributed by atoms with Gasteiger partial charge in [0.2, 0.25) is 0 Å². The Balaban J connectivity index is 2.61. The van der Waals surface area contributed by atoms with E-state index in [1.807, 2.05) is 0 Å². The average Bonchev–Trinajstić information content (AvgIpc) is 2.30. The van der Waals surface area contributed by atoms with Crippen molar-refractivity contribution in [1.29, 1.82) is 0 Å². The number of carboxylic acid groups (broad SMARTS) is 1. The minimum absolute atomic E-state index is 0.0620. The van der Waals surface area contributed by atoms with E-state index in [-0.39, 0.29) is 5.56 Å². The molecule has 0 aliphatic heterocycles. The molecule has 1 aromatic heterocycles. The third kappa shape index (κ3) is 1.91. The fourth-order valence-electron chi connectivity index (χ4n) is 1.47. The molecular weight excluding hydrogens is 209 g/mol. The van der Waals surface area contributed by atoms with Crippen LogP contribution < -0.4 is 0 Å². The largest absolute Gasteiger partial charge is 0.478 e. The van der Waals surface area contributed by atoms with E-state index in [0.717, 1.165) is 6.07 Å². The molecule has 0 spiro atoms. The number of aromatic carboxylic acids is 1. The summed E-state index contributed by atoms with van der Waals surface area (Å²) in [6.07, 6.45) is 3.13. The molecule has 0 aliphatic carbocycles. The van der Waals surface area contributed by atoms with Crippen molar-refractivity contribution in [1.82, 2.24) is 4.98 Å². The second kappa shape index (κ2) is 4.10. The van der Waals surface area contributed by atoms with Gasteiger partial charge < -0.3 is 5.11 Å². The molecule has 0 radical (unpaired) electrons. The van der Waals surface area contributed by atoms with Crippen molar-refractivity contribution in [3.05, 3.63) is 54.1 Å². The highest BCUT2D eigenvalue weighted by Crippen LogP contribution is 2.23. The van der Waals surface area contributed by atoms with E-state index in [1.165, 1.54) is 12.1 Å². The van der Waals surface area contributed by atoms with Gasteiger partial charge in [-0.1, -0.05) is 12.1 Å². The van der Waals surface area contributed by atoms with Crippen LogP contribution in [0.25, 0.3) is 11.1 Å². The number of rotatable bonds is 2. The molecule has 3 nitrogen and oxygen atoms in total. The zero-order chi connectivity index (χ0) is 11.5. The standard InChI is InChI=1S/C12H8FNO2/c13-9-3-4-10(11(6-9)12(15)16)8-2-1-5-14-7-8/h1-7H,(H,15,16). The van der Waals surface area contributed by atoms with E-state index in [2.05, 4.69) is 4.98 Å². The number of carboxylic acids is 1. The van der Waals surface area contributed by atoms with E-state index in [1.54, 1.807) is 24.5 Å². The normalized spacial score (nSPS) is 10.1. The fourth-order valence-corrected chi connectivity index (χ4v) is 1.47. The fraction of sp³-hybridized carbons (Fsp3) is 0. The summed E-state index contributed by atoms with van der Waals surface area (Å²) in [5.74, 6) is -1.72. The van der Waals surface area contributed by atoms with E-state index in [0.29, 0.717) is 11.1 Å². The van der Waals surface area contributed by atoms with Crippen LogP contribution >= 0.6 is 0 Å². The molecule has 1 N–H and O–H groups in total. The van der Waals surface area contributed by atoms with Crippen molar-refractivity contribution in [2.24, 2.45) is 0 Å². The van der Waals surface area contributed by atoms with Gasteiger partial charge in [0.25, 0.3) is 0 Å². The maximum atomic E-state index is 12.9. The average molecular weight is 217 g/mol. The quantitative estimate of drug-likeness (QED) is 0.841. The molecule has 1 aromatic carbocycles. The first-order valence-electron chi connectivity index (χ1n) is 4.62. The molecule has 16 heavy (non-hydrogen) atoms. The Labute approximate surface area is 91.2 Å². The molecule has 0 saturated carbocycles. The minimum atomic E-state index is -1.15. The van der Waals surface area contributed by atoms with E-state index >= 15 is 0 Å². The van der Waals surface area contributed by atoms with Crippen molar-refractivity contribution in [3.63, 3.8) is 0 Å². The SMILES string of the molecule is O=C(O)c1cc(F)ccc1-c1cccnc1. The first-order valence-corrected chi connectivity index (χ1v) is 4.62. The molecule has 2 aromatic rings. The lowest BCUT2D eigenvalue weighted by Crippen LogP contribution is -2.00. The summed E-state index contributed by atoms with van der Waals surface area (Å²) in [6.45, 7) is 0. The van der Waals surface area contributed by atoms with Crippen molar-refractivity contribution < 1.29 is 14.3 Å². The summed E-state index contributed by atoms with van der Waals surface area (Å²) in [7, 11) is 0. The van der Waals surface area contributed by atoms with Crippen LogP contribution in [0.5, 0.6) is 0 Å². The minimum Gasteiger partial charge on any atom is -0.478 e. The number of halogens is 1. The highest BCUT2D eigenvalue weighted by atomic mass is 19.1. The molecule has 0 amide bonds. The van der Waals surface area contributed by atoms with Crippen LogP contribution in [0, 0.1) is 5.82 Å². The molecule has 2 rings (SSSR count). The summed E-state index contributed by atoms with van der Waals surface area (Å²) in [5, 5.41) is 8.96. The van der Waals surface area contributed by atoms with Gasteiger partial charge in [-0.05, 0) is 23.8 Å². The molecular formula is C12H8FNO2. The summed E-state index contributed by atoms with van der Waals surface area (Å²) in [5.41, 5.74) is 1.05. The van der Waals surface area contributed by atoms with E-state index in [4.69, 9.17) is 5.11 Å². The van der Waals surface area contributed by atoms with Gasteiger partial charge in [0, 0.05) is 18.0 Å². The molecule has 0 aliphatic rings. The Hall–Kier alpha value is -2.23. The molecule has 0 atom stereocenters. The zero-order valence-corrected chi connectivity index (χ0v) is 8.22. The Morgan fingerprint density at radius 1 is 1.31 bits per heavy atom. The topological polar surface area (TPSA) is 50.2 Å². The van der Waals surface area contributed by atoms with Crippen LogP contribution in [0.4, 0.5) is 4.39 Å². The third-order valence-electron chi connectivity index (χ3n) is 2.18. The number of carbonyl (C=O) groups is 1. The summed E-state index contributed by atoms with van der Waals surface area (Å²) < 4.78 is 12.9. The van der Waals surface area contributed by atoms with Gasteiger partial charge in [-0.2, -0.15) is 0 Å². The number of pyridine rings is 1. The Morgan fingerprint density at radius 2 is 2.12 bits per heavy atom. The molecule has 1 heterocycles. The van der Waals surface area contributed by atoms with Crippen molar-refractivity contribution in [2.45, 2.75) is 0 Å². The number of nitrogens with zero attached hydrogens (tertiary/aromatic N) is 1. The highest BCUT2D eigenvalue weighted by molar-refractivity contribution is 5.95. The molecule has 0 bridgehead atoms. The van der Waals surface area contributed by atoms with Crippen LogP contribution in [0.3, 0.4) is 0 Å². The Bertz CT molecular complexity index is 526. The van der Waals surface area contributed by atoms with Gasteiger partial charge in [-0.25, -0.2) is 9.18 Å². The van der Waals surface area contributed by atoms with E-state index in [9.17, 15) is 9.18 Å². The second-order valence-electron chi connectivity index (χ2n) is 3.24. The predicted octanol–water partition coefficient (Wildman–Crippen LogP) is 2.59. The molecule has 0 fully saturated rings. The lowest BCUT2D eigenvalue weighted by Gasteiger charge is -2.05. The maximum absolute atomic E-state index is 12.9. The maximum Gasteiger partial charge on any atom is 0.336 e. The van der Waals surface area contributed by atoms with Gasteiger partial charge in [0.05, 0.1) is 5.56 Å². The van der Waals surface area contributed by atoms with Crippen LogP contribution in [0.1, 0.15) is 10.4 Å². The Kier molecular flexibility index (Phi) is 2.64. The van der Waals surface area contributed by atoms with Crippen molar-refractivity contribution in [2.75, 3.05) is 0 Å². The molecule has 4 heteroatoms. The smallest absolute Gasteiger partial charge is 0.336 e. The number of hydrogen-bond donors (Lipinski definition) is 1. The van der Waals surface area contributed by atoms with Crippen LogP contribution in [0.15, 0.2) is 42.7 Å². The number of aromatic nitrogens is 1.